The number of hydrogen-bond acceptors (Lipinski definition) is 5. The summed E-state index contributed by atoms with van der Waals surface area (Å²) in [4.78, 5) is 15.5. The third-order valence-corrected chi connectivity index (χ3v) is 3.22. The first-order valence-electron chi connectivity index (χ1n) is 5.98. The standard InChI is InChI=1S/C12H15N5O2/c1-3-12(2,11(18)19)8-17-10(14-15-16-17)9-6-4-5-7-13-9/h4-7H,3,8H2,1-2H3,(H,18,19). The minimum absolute atomic E-state index is 0.206. The van der Waals surface area contributed by atoms with E-state index >= 15 is 0 Å². The van der Waals surface area contributed by atoms with Crippen LogP contribution in [0.4, 0.5) is 0 Å². The van der Waals surface area contributed by atoms with E-state index in [1.54, 1.807) is 25.3 Å². The molecule has 1 atom stereocenters. The lowest BCUT2D eigenvalue weighted by Gasteiger charge is -2.22. The molecular formula is C12H15N5O2. The summed E-state index contributed by atoms with van der Waals surface area (Å²) in [6.45, 7) is 3.72. The molecule has 0 saturated carbocycles. The number of aromatic nitrogens is 5. The van der Waals surface area contributed by atoms with Gasteiger partial charge in [0.15, 0.2) is 0 Å². The van der Waals surface area contributed by atoms with Crippen molar-refractivity contribution in [1.82, 2.24) is 25.2 Å². The quantitative estimate of drug-likeness (QED) is 0.870. The lowest BCUT2D eigenvalue weighted by molar-refractivity contribution is -0.149. The maximum Gasteiger partial charge on any atom is 0.311 e. The number of carbonyl (C=O) groups is 1. The van der Waals surface area contributed by atoms with E-state index < -0.39 is 11.4 Å². The molecule has 1 N–H and O–H groups in total. The number of hydrogen-bond donors (Lipinski definition) is 1. The van der Waals surface area contributed by atoms with Gasteiger partial charge >= 0.3 is 5.97 Å². The lowest BCUT2D eigenvalue weighted by Crippen LogP contribution is -2.32. The second-order valence-electron chi connectivity index (χ2n) is 4.59. The van der Waals surface area contributed by atoms with Crippen LogP contribution in [0, 0.1) is 5.41 Å². The number of rotatable bonds is 5. The number of tetrazole rings is 1. The monoisotopic (exact) mass is 261 g/mol. The maximum atomic E-state index is 11.3. The molecule has 0 aliphatic heterocycles. The van der Waals surface area contributed by atoms with Gasteiger partial charge < -0.3 is 5.11 Å². The van der Waals surface area contributed by atoms with Crippen LogP contribution in [0.5, 0.6) is 0 Å². The first-order valence-corrected chi connectivity index (χ1v) is 5.98. The molecule has 2 heterocycles. The van der Waals surface area contributed by atoms with Crippen LogP contribution in [0.2, 0.25) is 0 Å². The lowest BCUT2D eigenvalue weighted by atomic mass is 9.88. The molecule has 0 fully saturated rings. The van der Waals surface area contributed by atoms with E-state index in [1.165, 1.54) is 4.68 Å². The van der Waals surface area contributed by atoms with E-state index in [0.717, 1.165) is 0 Å². The zero-order valence-electron chi connectivity index (χ0n) is 10.8. The summed E-state index contributed by atoms with van der Waals surface area (Å²) in [5, 5.41) is 20.7. The van der Waals surface area contributed by atoms with Crippen LogP contribution in [0.3, 0.4) is 0 Å². The fourth-order valence-corrected chi connectivity index (χ4v) is 1.65. The Morgan fingerprint density at radius 3 is 2.84 bits per heavy atom. The van der Waals surface area contributed by atoms with E-state index in [-0.39, 0.29) is 6.54 Å². The van der Waals surface area contributed by atoms with Gasteiger partial charge in [-0.25, -0.2) is 4.68 Å². The Kier molecular flexibility index (Phi) is 3.55. The smallest absolute Gasteiger partial charge is 0.311 e. The molecule has 7 heteroatoms. The van der Waals surface area contributed by atoms with Crippen LogP contribution in [0.15, 0.2) is 24.4 Å². The van der Waals surface area contributed by atoms with Gasteiger partial charge in [0.05, 0.1) is 12.0 Å². The SMILES string of the molecule is CCC(C)(Cn1nnnc1-c1ccccn1)C(=O)O. The van der Waals surface area contributed by atoms with Crippen molar-refractivity contribution >= 4 is 5.97 Å². The summed E-state index contributed by atoms with van der Waals surface area (Å²) < 4.78 is 1.49. The predicted molar refractivity (Wildman–Crippen MR) is 67.1 cm³/mol. The Labute approximate surface area is 110 Å². The molecule has 2 rings (SSSR count). The van der Waals surface area contributed by atoms with Gasteiger partial charge in [-0.3, -0.25) is 9.78 Å². The van der Waals surface area contributed by atoms with Crippen molar-refractivity contribution in [2.24, 2.45) is 5.41 Å². The van der Waals surface area contributed by atoms with Gasteiger partial charge in [0.2, 0.25) is 5.82 Å². The van der Waals surface area contributed by atoms with Crippen molar-refractivity contribution in [3.05, 3.63) is 24.4 Å². The second kappa shape index (κ2) is 5.13. The normalized spacial score (nSPS) is 14.0. The summed E-state index contributed by atoms with van der Waals surface area (Å²) in [6, 6.07) is 5.41. The Balaban J connectivity index is 2.33. The molecule has 0 bridgehead atoms. The third kappa shape index (κ3) is 2.59. The van der Waals surface area contributed by atoms with Gasteiger partial charge in [0.1, 0.15) is 5.69 Å². The number of carboxylic acids is 1. The predicted octanol–water partition coefficient (Wildman–Crippen LogP) is 1.24. The molecule has 19 heavy (non-hydrogen) atoms. The highest BCUT2D eigenvalue weighted by molar-refractivity contribution is 5.74. The average molecular weight is 261 g/mol. The Morgan fingerprint density at radius 2 is 2.26 bits per heavy atom. The summed E-state index contributed by atoms with van der Waals surface area (Å²) in [7, 11) is 0. The molecule has 0 amide bonds. The molecule has 0 radical (unpaired) electrons. The molecule has 2 aromatic heterocycles. The van der Waals surface area contributed by atoms with E-state index in [9.17, 15) is 9.90 Å². The summed E-state index contributed by atoms with van der Waals surface area (Å²) in [6.07, 6.45) is 2.13. The highest BCUT2D eigenvalue weighted by Gasteiger charge is 2.33. The molecule has 0 aliphatic carbocycles. The summed E-state index contributed by atoms with van der Waals surface area (Å²) >= 11 is 0. The number of aliphatic carboxylic acids is 1. The van der Waals surface area contributed by atoms with Gasteiger partial charge in [0, 0.05) is 6.20 Å². The zero-order valence-corrected chi connectivity index (χ0v) is 10.8. The van der Waals surface area contributed by atoms with Crippen LogP contribution in [0.25, 0.3) is 11.5 Å². The Bertz CT molecular complexity index is 569. The highest BCUT2D eigenvalue weighted by atomic mass is 16.4. The minimum atomic E-state index is -0.904. The molecule has 0 spiro atoms. The fourth-order valence-electron chi connectivity index (χ4n) is 1.65. The van der Waals surface area contributed by atoms with E-state index in [4.69, 9.17) is 0 Å². The molecule has 0 saturated heterocycles. The van der Waals surface area contributed by atoms with Crippen LogP contribution >= 0.6 is 0 Å². The third-order valence-electron chi connectivity index (χ3n) is 3.22. The second-order valence-corrected chi connectivity index (χ2v) is 4.59. The van der Waals surface area contributed by atoms with Crippen molar-refractivity contribution in [1.29, 1.82) is 0 Å². The zero-order chi connectivity index (χ0) is 13.9. The summed E-state index contributed by atoms with van der Waals surface area (Å²) in [5.74, 6) is -0.390. The van der Waals surface area contributed by atoms with Crippen LogP contribution in [-0.4, -0.2) is 36.3 Å². The topological polar surface area (TPSA) is 93.8 Å². The van der Waals surface area contributed by atoms with Crippen molar-refractivity contribution in [2.45, 2.75) is 26.8 Å². The summed E-state index contributed by atoms with van der Waals surface area (Å²) in [5.41, 5.74) is -0.282. The minimum Gasteiger partial charge on any atom is -0.481 e. The molecule has 100 valence electrons. The molecular weight excluding hydrogens is 246 g/mol. The van der Waals surface area contributed by atoms with Crippen LogP contribution in [-0.2, 0) is 11.3 Å². The fraction of sp³-hybridized carbons (Fsp3) is 0.417. The maximum absolute atomic E-state index is 11.3. The van der Waals surface area contributed by atoms with Crippen molar-refractivity contribution in [2.75, 3.05) is 0 Å². The van der Waals surface area contributed by atoms with Gasteiger partial charge in [-0.2, -0.15) is 0 Å². The van der Waals surface area contributed by atoms with Gasteiger partial charge in [0.25, 0.3) is 0 Å². The molecule has 2 aromatic rings. The molecule has 1 unspecified atom stereocenters. The molecule has 7 nitrogen and oxygen atoms in total. The highest BCUT2D eigenvalue weighted by Crippen LogP contribution is 2.25. The van der Waals surface area contributed by atoms with Crippen LogP contribution in [0.1, 0.15) is 20.3 Å². The van der Waals surface area contributed by atoms with Gasteiger partial charge in [-0.15, -0.1) is 5.10 Å². The van der Waals surface area contributed by atoms with Crippen molar-refractivity contribution in [3.63, 3.8) is 0 Å². The number of nitrogens with zero attached hydrogens (tertiary/aromatic N) is 5. The van der Waals surface area contributed by atoms with E-state index in [1.807, 2.05) is 13.0 Å². The van der Waals surface area contributed by atoms with E-state index in [0.29, 0.717) is 17.9 Å². The van der Waals surface area contributed by atoms with Crippen LogP contribution < -0.4 is 0 Å². The average Bonchev–Trinajstić information content (AvgIpc) is 2.87. The Morgan fingerprint density at radius 1 is 1.47 bits per heavy atom. The van der Waals surface area contributed by atoms with E-state index in [2.05, 4.69) is 20.5 Å². The first kappa shape index (κ1) is 13.1. The number of pyridine rings is 1. The van der Waals surface area contributed by atoms with Gasteiger partial charge in [-0.1, -0.05) is 13.0 Å². The van der Waals surface area contributed by atoms with Crippen molar-refractivity contribution in [3.8, 4) is 11.5 Å². The molecule has 0 aliphatic rings. The number of carboxylic acid groups (broad SMARTS) is 1. The largest absolute Gasteiger partial charge is 0.481 e. The van der Waals surface area contributed by atoms with Gasteiger partial charge in [-0.05, 0) is 35.9 Å². The van der Waals surface area contributed by atoms with Crippen molar-refractivity contribution < 1.29 is 9.90 Å². The first-order chi connectivity index (χ1) is 9.07. The Hall–Kier alpha value is -2.31. The molecule has 0 aromatic carbocycles.